The molecule has 2 aromatic rings. The highest BCUT2D eigenvalue weighted by Crippen LogP contribution is 2.36. The Bertz CT molecular complexity index is 687. The molecule has 3 nitrogen and oxygen atoms in total. The van der Waals surface area contributed by atoms with E-state index >= 15 is 0 Å². The van der Waals surface area contributed by atoms with Gasteiger partial charge < -0.3 is 9.88 Å². The molecule has 0 saturated heterocycles. The third-order valence-electron chi connectivity index (χ3n) is 4.00. The van der Waals surface area contributed by atoms with Crippen molar-refractivity contribution in [1.29, 1.82) is 5.26 Å². The van der Waals surface area contributed by atoms with Crippen molar-refractivity contribution in [2.24, 2.45) is 0 Å². The molecule has 3 rings (SSSR count). The van der Waals surface area contributed by atoms with Crippen LogP contribution in [0.15, 0.2) is 31.0 Å². The monoisotopic (exact) mass is 298 g/mol. The topological polar surface area (TPSA) is 45.3 Å². The zero-order chi connectivity index (χ0) is 14.7. The Morgan fingerprint density at radius 3 is 3.10 bits per heavy atom. The molecule has 0 atom stereocenters. The van der Waals surface area contributed by atoms with Gasteiger partial charge in [-0.3, -0.25) is 0 Å². The molecular formula is C17H20N3S+. The predicted molar refractivity (Wildman–Crippen MR) is 85.7 cm³/mol. The minimum Gasteiger partial charge on any atom is -0.338 e. The van der Waals surface area contributed by atoms with Crippen molar-refractivity contribution in [1.82, 2.24) is 4.57 Å². The molecule has 0 saturated carbocycles. The predicted octanol–water partition coefficient (Wildman–Crippen LogP) is 2.54. The lowest BCUT2D eigenvalue weighted by Crippen LogP contribution is -2.82. The average Bonchev–Trinajstić information content (AvgIpc) is 3.10. The standard InChI is InChI=1S/C17H19N3S/c1-2-9-19-12-13-6-5-10-20(13)17-15(11-18)14-7-3-4-8-16(14)21-17/h2,5-6,10,19H,1,3-4,7-9,12H2/p+1. The van der Waals surface area contributed by atoms with Gasteiger partial charge >= 0.3 is 0 Å². The summed E-state index contributed by atoms with van der Waals surface area (Å²) in [7, 11) is 0. The fourth-order valence-corrected chi connectivity index (χ4v) is 4.32. The highest BCUT2D eigenvalue weighted by molar-refractivity contribution is 7.15. The minimum absolute atomic E-state index is 0.899. The smallest absolute Gasteiger partial charge is 0.118 e. The van der Waals surface area contributed by atoms with E-state index in [-0.39, 0.29) is 0 Å². The third-order valence-corrected chi connectivity index (χ3v) is 5.29. The maximum atomic E-state index is 9.59. The number of thiophene rings is 1. The second-order valence-corrected chi connectivity index (χ2v) is 6.47. The summed E-state index contributed by atoms with van der Waals surface area (Å²) in [6, 6.07) is 6.65. The Labute approximate surface area is 129 Å². The van der Waals surface area contributed by atoms with Crippen molar-refractivity contribution >= 4 is 11.3 Å². The van der Waals surface area contributed by atoms with Gasteiger partial charge in [0, 0.05) is 11.1 Å². The van der Waals surface area contributed by atoms with Crippen LogP contribution in [-0.4, -0.2) is 11.1 Å². The third kappa shape index (κ3) is 2.67. The molecule has 1 aliphatic rings. The molecule has 4 heteroatoms. The summed E-state index contributed by atoms with van der Waals surface area (Å²) < 4.78 is 2.20. The Kier molecular flexibility index (Phi) is 4.23. The van der Waals surface area contributed by atoms with E-state index < -0.39 is 0 Å². The zero-order valence-corrected chi connectivity index (χ0v) is 13.0. The van der Waals surface area contributed by atoms with E-state index in [0.29, 0.717) is 0 Å². The largest absolute Gasteiger partial charge is 0.338 e. The Balaban J connectivity index is 1.97. The zero-order valence-electron chi connectivity index (χ0n) is 12.1. The van der Waals surface area contributed by atoms with Gasteiger partial charge in [0.1, 0.15) is 17.6 Å². The second-order valence-electron chi connectivity index (χ2n) is 5.39. The first-order chi connectivity index (χ1) is 10.3. The number of nitriles is 1. The number of quaternary nitrogens is 1. The van der Waals surface area contributed by atoms with E-state index in [1.165, 1.54) is 29.0 Å². The van der Waals surface area contributed by atoms with Gasteiger partial charge in [0.25, 0.3) is 0 Å². The lowest BCUT2D eigenvalue weighted by molar-refractivity contribution is -0.662. The van der Waals surface area contributed by atoms with Crippen LogP contribution in [0.5, 0.6) is 0 Å². The van der Waals surface area contributed by atoms with Crippen molar-refractivity contribution in [3.8, 4) is 11.1 Å². The number of fused-ring (bicyclic) bond motifs is 1. The summed E-state index contributed by atoms with van der Waals surface area (Å²) in [6.07, 6.45) is 8.65. The second kappa shape index (κ2) is 6.30. The summed E-state index contributed by atoms with van der Waals surface area (Å²) in [6.45, 7) is 5.58. The van der Waals surface area contributed by atoms with Crippen LogP contribution in [0.4, 0.5) is 0 Å². The van der Waals surface area contributed by atoms with Gasteiger partial charge in [-0.2, -0.15) is 5.26 Å². The molecule has 0 fully saturated rings. The first kappa shape index (κ1) is 14.1. The number of hydrogen-bond donors (Lipinski definition) is 1. The summed E-state index contributed by atoms with van der Waals surface area (Å²) in [5.74, 6) is 0. The Hall–Kier alpha value is -1.83. The molecule has 0 aromatic carbocycles. The van der Waals surface area contributed by atoms with E-state index in [1.807, 2.05) is 6.08 Å². The maximum Gasteiger partial charge on any atom is 0.118 e. The van der Waals surface area contributed by atoms with Crippen molar-refractivity contribution in [2.75, 3.05) is 6.54 Å². The first-order valence-corrected chi connectivity index (χ1v) is 8.30. The number of nitrogens with zero attached hydrogens (tertiary/aromatic N) is 2. The number of aromatic nitrogens is 1. The SMILES string of the molecule is C=CC[NH2+]Cc1cccn1-c1sc2c(c1C#N)CCCC2. The highest BCUT2D eigenvalue weighted by atomic mass is 32.1. The number of aryl methyl sites for hydroxylation is 1. The first-order valence-electron chi connectivity index (χ1n) is 7.49. The normalized spacial score (nSPS) is 13.7. The van der Waals surface area contributed by atoms with Crippen LogP contribution in [0.3, 0.4) is 0 Å². The molecule has 0 unspecified atom stereocenters. The lowest BCUT2D eigenvalue weighted by atomic mass is 9.96. The number of rotatable bonds is 5. The summed E-state index contributed by atoms with van der Waals surface area (Å²) in [5.41, 5.74) is 3.45. The quantitative estimate of drug-likeness (QED) is 0.669. The summed E-state index contributed by atoms with van der Waals surface area (Å²) >= 11 is 1.80. The van der Waals surface area contributed by atoms with Crippen LogP contribution in [-0.2, 0) is 19.4 Å². The van der Waals surface area contributed by atoms with Gasteiger partial charge in [0.15, 0.2) is 0 Å². The van der Waals surface area contributed by atoms with Crippen LogP contribution >= 0.6 is 11.3 Å². The maximum absolute atomic E-state index is 9.59. The van der Waals surface area contributed by atoms with Gasteiger partial charge in [-0.05, 0) is 49.5 Å². The van der Waals surface area contributed by atoms with Crippen LogP contribution in [0.25, 0.3) is 5.00 Å². The van der Waals surface area contributed by atoms with Crippen molar-refractivity contribution < 1.29 is 5.32 Å². The van der Waals surface area contributed by atoms with Gasteiger partial charge in [-0.1, -0.05) is 6.58 Å². The van der Waals surface area contributed by atoms with E-state index in [1.54, 1.807) is 11.3 Å². The van der Waals surface area contributed by atoms with Crippen molar-refractivity contribution in [3.63, 3.8) is 0 Å². The summed E-state index contributed by atoms with van der Waals surface area (Å²) in [4.78, 5) is 1.42. The molecule has 21 heavy (non-hydrogen) atoms. The lowest BCUT2D eigenvalue weighted by Gasteiger charge is -2.09. The van der Waals surface area contributed by atoms with Crippen LogP contribution in [0.1, 0.15) is 34.5 Å². The molecule has 2 N–H and O–H groups in total. The van der Waals surface area contributed by atoms with E-state index in [4.69, 9.17) is 0 Å². The summed E-state index contributed by atoms with van der Waals surface area (Å²) in [5, 5.41) is 12.9. The number of hydrogen-bond acceptors (Lipinski definition) is 2. The van der Waals surface area contributed by atoms with Crippen LogP contribution in [0, 0.1) is 11.3 Å². The molecule has 0 aliphatic heterocycles. The molecule has 0 bridgehead atoms. The molecule has 2 heterocycles. The van der Waals surface area contributed by atoms with Gasteiger partial charge in [0.2, 0.25) is 0 Å². The molecular weight excluding hydrogens is 278 g/mol. The van der Waals surface area contributed by atoms with E-state index in [0.717, 1.165) is 36.5 Å². The van der Waals surface area contributed by atoms with Gasteiger partial charge in [-0.25, -0.2) is 0 Å². The van der Waals surface area contributed by atoms with Crippen molar-refractivity contribution in [3.05, 3.63) is 52.7 Å². The number of nitrogens with two attached hydrogens (primary N) is 1. The molecule has 2 aromatic heterocycles. The molecule has 0 radical (unpaired) electrons. The molecule has 0 amide bonds. The molecule has 1 aliphatic carbocycles. The van der Waals surface area contributed by atoms with Crippen molar-refractivity contribution in [2.45, 2.75) is 32.2 Å². The molecule has 0 spiro atoms. The van der Waals surface area contributed by atoms with Gasteiger partial charge in [0.05, 0.1) is 17.8 Å². The van der Waals surface area contributed by atoms with Crippen LogP contribution < -0.4 is 5.32 Å². The minimum atomic E-state index is 0.899. The van der Waals surface area contributed by atoms with E-state index in [9.17, 15) is 5.26 Å². The fourth-order valence-electron chi connectivity index (χ4n) is 2.97. The Morgan fingerprint density at radius 2 is 2.29 bits per heavy atom. The van der Waals surface area contributed by atoms with Crippen LogP contribution in [0.2, 0.25) is 0 Å². The van der Waals surface area contributed by atoms with Gasteiger partial charge in [-0.15, -0.1) is 11.3 Å². The highest BCUT2D eigenvalue weighted by Gasteiger charge is 2.22. The Morgan fingerprint density at radius 1 is 1.43 bits per heavy atom. The fraction of sp³-hybridized carbons (Fsp3) is 0.353. The van der Waals surface area contributed by atoms with E-state index in [2.05, 4.69) is 40.9 Å². The molecule has 108 valence electrons. The average molecular weight is 298 g/mol.